The van der Waals surface area contributed by atoms with Crippen molar-refractivity contribution in [1.82, 2.24) is 15.2 Å². The lowest BCUT2D eigenvalue weighted by atomic mass is 9.99. The number of carbonyl (C=O) groups excluding carboxylic acids is 1. The van der Waals surface area contributed by atoms with Crippen molar-refractivity contribution in [2.45, 2.75) is 31.6 Å². The molecule has 3 N–H and O–H groups in total. The first-order valence-electron chi connectivity index (χ1n) is 9.42. The lowest BCUT2D eigenvalue weighted by Gasteiger charge is -2.30. The normalized spacial score (nSPS) is 15.6. The molecule has 0 radical (unpaired) electrons. The van der Waals surface area contributed by atoms with Crippen molar-refractivity contribution >= 4 is 29.7 Å². The van der Waals surface area contributed by atoms with Gasteiger partial charge in [0.2, 0.25) is 0 Å². The molecule has 2 aromatic carbocycles. The number of amides is 1. The van der Waals surface area contributed by atoms with Crippen molar-refractivity contribution in [3.05, 3.63) is 59.4 Å². The van der Waals surface area contributed by atoms with Crippen LogP contribution in [0.5, 0.6) is 0 Å². The highest BCUT2D eigenvalue weighted by molar-refractivity contribution is 6.07. The third kappa shape index (κ3) is 3.24. The number of hydrogen-bond donors (Lipinski definition) is 2. The number of hydrogen-bond acceptors (Lipinski definition) is 4. The van der Waals surface area contributed by atoms with E-state index >= 15 is 0 Å². The Bertz CT molecular complexity index is 1010. The molecule has 3 aromatic rings. The van der Waals surface area contributed by atoms with E-state index in [9.17, 15) is 4.79 Å². The van der Waals surface area contributed by atoms with Crippen LogP contribution >= 0.6 is 12.4 Å². The summed E-state index contributed by atoms with van der Waals surface area (Å²) in [7, 11) is 0. The number of H-pyrrole nitrogens is 1. The van der Waals surface area contributed by atoms with Crippen molar-refractivity contribution < 1.29 is 4.79 Å². The fraction of sp³-hybridized carbons (Fsp3) is 0.286. The molecule has 2 heterocycles. The van der Waals surface area contributed by atoms with Gasteiger partial charge in [0.15, 0.2) is 5.82 Å². The van der Waals surface area contributed by atoms with Gasteiger partial charge < -0.3 is 10.6 Å². The third-order valence-corrected chi connectivity index (χ3v) is 5.39. The first kappa shape index (κ1) is 18.5. The molecular formula is C21H22ClN5O. The van der Waals surface area contributed by atoms with Crippen LogP contribution in [0.2, 0.25) is 0 Å². The number of nitrogens with zero attached hydrogens (tertiary/aromatic N) is 3. The number of nitrogens with one attached hydrogen (secondary N) is 1. The Hall–Kier alpha value is -2.86. The number of aromatic amines is 1. The molecule has 0 saturated heterocycles. The van der Waals surface area contributed by atoms with Gasteiger partial charge in [0, 0.05) is 35.0 Å². The highest BCUT2D eigenvalue weighted by Gasteiger charge is 2.27. The molecule has 5 rings (SSSR count). The summed E-state index contributed by atoms with van der Waals surface area (Å²) in [5, 5.41) is 7.33. The lowest BCUT2D eigenvalue weighted by Crippen LogP contribution is -2.35. The molecule has 1 aliphatic carbocycles. The monoisotopic (exact) mass is 395 g/mol. The molecule has 0 unspecified atom stereocenters. The van der Waals surface area contributed by atoms with Gasteiger partial charge in [-0.15, -0.1) is 12.4 Å². The lowest BCUT2D eigenvalue weighted by molar-refractivity contribution is 0.0985. The molecule has 144 valence electrons. The number of nitrogen functional groups attached to an aromatic ring is 1. The third-order valence-electron chi connectivity index (χ3n) is 5.39. The second-order valence-electron chi connectivity index (χ2n) is 7.30. The van der Waals surface area contributed by atoms with Crippen LogP contribution in [0.3, 0.4) is 0 Å². The van der Waals surface area contributed by atoms with Gasteiger partial charge in [-0.05, 0) is 55.5 Å². The van der Waals surface area contributed by atoms with Crippen LogP contribution in [-0.2, 0) is 6.42 Å². The number of fused-ring (bicyclic) bond motifs is 1. The number of carbonyl (C=O) groups is 1. The molecule has 1 aliphatic heterocycles. The molecule has 2 aliphatic rings. The fourth-order valence-corrected chi connectivity index (χ4v) is 3.72. The number of halogens is 1. The SMILES string of the molecule is Cl.Nc1cccc2c1CCCN2C(=O)c1ccc(-c2n[nH]c(C3CC3)n2)cc1. The Morgan fingerprint density at radius 3 is 2.68 bits per heavy atom. The Balaban J connectivity index is 0.00000192. The van der Waals surface area contributed by atoms with Crippen LogP contribution in [-0.4, -0.2) is 27.6 Å². The predicted molar refractivity (Wildman–Crippen MR) is 112 cm³/mol. The quantitative estimate of drug-likeness (QED) is 0.657. The molecule has 6 nitrogen and oxygen atoms in total. The van der Waals surface area contributed by atoms with E-state index in [0.717, 1.165) is 41.2 Å². The van der Waals surface area contributed by atoms with Crippen LogP contribution in [0.15, 0.2) is 42.5 Å². The predicted octanol–water partition coefficient (Wildman–Crippen LogP) is 3.95. The smallest absolute Gasteiger partial charge is 0.258 e. The standard InChI is InChI=1S/C21H21N5O.ClH/c22-17-4-1-5-18-16(17)3-2-12-26(18)21(27)15-10-8-14(9-11-15)20-23-19(24-25-20)13-6-7-13;/h1,4-5,8-11,13H,2-3,6-7,12,22H2,(H,23,24,25);1H. The van der Waals surface area contributed by atoms with Gasteiger partial charge >= 0.3 is 0 Å². The maximum Gasteiger partial charge on any atom is 0.258 e. The van der Waals surface area contributed by atoms with Crippen molar-refractivity contribution in [2.75, 3.05) is 17.2 Å². The van der Waals surface area contributed by atoms with Crippen LogP contribution in [0, 0.1) is 0 Å². The van der Waals surface area contributed by atoms with E-state index in [1.54, 1.807) is 0 Å². The van der Waals surface area contributed by atoms with Gasteiger partial charge in [-0.1, -0.05) is 18.2 Å². The molecule has 0 spiro atoms. The van der Waals surface area contributed by atoms with Gasteiger partial charge in [-0.3, -0.25) is 9.89 Å². The van der Waals surface area contributed by atoms with Gasteiger partial charge in [0.05, 0.1) is 0 Å². The summed E-state index contributed by atoms with van der Waals surface area (Å²) in [5.74, 6) is 2.19. The van der Waals surface area contributed by atoms with E-state index < -0.39 is 0 Å². The van der Waals surface area contributed by atoms with Crippen LogP contribution in [0.4, 0.5) is 11.4 Å². The number of rotatable bonds is 3. The molecule has 1 saturated carbocycles. The summed E-state index contributed by atoms with van der Waals surface area (Å²) in [6.45, 7) is 0.711. The minimum absolute atomic E-state index is 0. The summed E-state index contributed by atoms with van der Waals surface area (Å²) in [4.78, 5) is 19.5. The maximum atomic E-state index is 13.1. The van der Waals surface area contributed by atoms with E-state index in [4.69, 9.17) is 5.73 Å². The first-order valence-corrected chi connectivity index (χ1v) is 9.42. The van der Waals surface area contributed by atoms with E-state index in [1.807, 2.05) is 47.4 Å². The molecule has 1 amide bonds. The second kappa shape index (κ2) is 7.28. The van der Waals surface area contributed by atoms with E-state index in [1.165, 1.54) is 12.8 Å². The number of benzene rings is 2. The zero-order chi connectivity index (χ0) is 18.4. The fourth-order valence-electron chi connectivity index (χ4n) is 3.72. The Kier molecular flexibility index (Phi) is 4.81. The van der Waals surface area contributed by atoms with Crippen molar-refractivity contribution in [2.24, 2.45) is 0 Å². The Morgan fingerprint density at radius 2 is 1.93 bits per heavy atom. The van der Waals surface area contributed by atoms with Gasteiger partial charge in [-0.25, -0.2) is 4.98 Å². The highest BCUT2D eigenvalue weighted by Crippen LogP contribution is 2.38. The minimum atomic E-state index is 0. The average Bonchev–Trinajstić information content (AvgIpc) is 3.44. The average molecular weight is 396 g/mol. The Labute approximate surface area is 169 Å². The number of nitrogens with two attached hydrogens (primary N) is 1. The molecule has 1 fully saturated rings. The maximum absolute atomic E-state index is 13.1. The van der Waals surface area contributed by atoms with E-state index in [-0.39, 0.29) is 18.3 Å². The molecule has 7 heteroatoms. The van der Waals surface area contributed by atoms with Crippen molar-refractivity contribution in [3.63, 3.8) is 0 Å². The van der Waals surface area contributed by atoms with Crippen LogP contribution in [0.25, 0.3) is 11.4 Å². The topological polar surface area (TPSA) is 87.9 Å². The molecule has 0 bridgehead atoms. The molecular weight excluding hydrogens is 374 g/mol. The Morgan fingerprint density at radius 1 is 1.14 bits per heavy atom. The molecule has 1 aromatic heterocycles. The largest absolute Gasteiger partial charge is 0.398 e. The summed E-state index contributed by atoms with van der Waals surface area (Å²) in [6.07, 6.45) is 4.21. The summed E-state index contributed by atoms with van der Waals surface area (Å²) < 4.78 is 0. The van der Waals surface area contributed by atoms with E-state index in [2.05, 4.69) is 15.2 Å². The van der Waals surface area contributed by atoms with Gasteiger partial charge in [0.25, 0.3) is 5.91 Å². The highest BCUT2D eigenvalue weighted by atomic mass is 35.5. The van der Waals surface area contributed by atoms with Crippen LogP contribution < -0.4 is 10.6 Å². The van der Waals surface area contributed by atoms with Crippen molar-refractivity contribution in [1.29, 1.82) is 0 Å². The van der Waals surface area contributed by atoms with Crippen molar-refractivity contribution in [3.8, 4) is 11.4 Å². The van der Waals surface area contributed by atoms with Gasteiger partial charge in [0.1, 0.15) is 5.82 Å². The van der Waals surface area contributed by atoms with Gasteiger partial charge in [-0.2, -0.15) is 5.10 Å². The van der Waals surface area contributed by atoms with Crippen LogP contribution in [0.1, 0.15) is 46.9 Å². The molecule has 28 heavy (non-hydrogen) atoms. The number of anilines is 2. The zero-order valence-corrected chi connectivity index (χ0v) is 16.2. The van der Waals surface area contributed by atoms with E-state index in [0.29, 0.717) is 23.9 Å². The molecule has 0 atom stereocenters. The summed E-state index contributed by atoms with van der Waals surface area (Å²) in [6, 6.07) is 13.3. The zero-order valence-electron chi connectivity index (χ0n) is 15.4. The number of aromatic nitrogens is 3. The minimum Gasteiger partial charge on any atom is -0.398 e. The second-order valence-corrected chi connectivity index (χ2v) is 7.30. The summed E-state index contributed by atoms with van der Waals surface area (Å²) in [5.41, 5.74) is 10.4. The summed E-state index contributed by atoms with van der Waals surface area (Å²) >= 11 is 0. The first-order chi connectivity index (χ1) is 13.2.